The summed E-state index contributed by atoms with van der Waals surface area (Å²) in [6.07, 6.45) is 0. The lowest BCUT2D eigenvalue weighted by Gasteiger charge is -2.13. The van der Waals surface area contributed by atoms with Gasteiger partial charge in [0, 0.05) is 172 Å². The number of benzene rings is 22. The number of rotatable bonds is 5. The molecule has 144 heavy (non-hydrogen) atoms. The van der Waals surface area contributed by atoms with Crippen LogP contribution in [0.25, 0.3) is 361 Å². The molecule has 0 fully saturated rings. The third-order valence-electron chi connectivity index (χ3n) is 33.7. The third-order valence-corrected chi connectivity index (χ3v) is 33.7. The average molecular weight is 1830 g/mol. The first-order valence-electron chi connectivity index (χ1n) is 49.6. The smallest absolute Gasteiger partial charge is 0.159 e. The lowest BCUT2D eigenvalue weighted by atomic mass is 9.94. The zero-order chi connectivity index (χ0) is 92.2. The first-order chi connectivity index (χ1) is 71.5. The maximum atomic E-state index is 7.29. The molecule has 0 aliphatic carbocycles. The van der Waals surface area contributed by atoms with Gasteiger partial charge in [-0.25, -0.2) is 0 Å². The normalized spacial score (nSPS) is 13.1. The second-order valence-corrected chi connectivity index (χ2v) is 40.2. The van der Waals surface area contributed by atoms with Crippen LogP contribution in [0.2, 0.25) is 0 Å². The van der Waals surface area contributed by atoms with Crippen molar-refractivity contribution >= 4 is 327 Å². The second-order valence-electron chi connectivity index (χ2n) is 40.2. The van der Waals surface area contributed by atoms with Crippen molar-refractivity contribution in [3.05, 3.63) is 400 Å². The van der Waals surface area contributed by atoms with Crippen LogP contribution < -0.4 is 0 Å². The van der Waals surface area contributed by atoms with E-state index in [9.17, 15) is 0 Å². The Labute approximate surface area is 809 Å². The van der Waals surface area contributed by atoms with Gasteiger partial charge in [0.15, 0.2) is 22.3 Å². The zero-order valence-electron chi connectivity index (χ0n) is 76.3. The molecule has 0 amide bonds. The number of hydrogen-bond donors (Lipinski definition) is 0. The Hall–Kier alpha value is -19.6. The van der Waals surface area contributed by atoms with Gasteiger partial charge in [-0.1, -0.05) is 267 Å². The van der Waals surface area contributed by atoms with E-state index >= 15 is 0 Å². The van der Waals surface area contributed by atoms with E-state index in [0.717, 1.165) is 220 Å². The number of fused-ring (bicyclic) bond motifs is 52. The minimum absolute atomic E-state index is 0.830. The van der Waals surface area contributed by atoms with Crippen molar-refractivity contribution in [1.29, 1.82) is 0 Å². The molecule has 0 aliphatic heterocycles. The van der Waals surface area contributed by atoms with Crippen molar-refractivity contribution in [1.82, 2.24) is 35.9 Å². The van der Waals surface area contributed by atoms with Gasteiger partial charge >= 0.3 is 0 Å². The SMILES string of the molecule is c1ccc2c(c1)oc1c(-n3c4ccccc4c4c5c6ccccc6n6c7cc8c9cc%10c(c%11cc(-c%12cc%13c%14cccc%15c%16cc%17c(cc%16n(c%15%14)c%13c%13c%12c%12ccccc%12n%13-c%12cccc%13c%12oc%12ccccc%12%13)c%12cccc%13c%14ccc%15c%16ccccc%16n(-c%16cccc%18c%16oc%16ccccc%16%18)c%15c%14n%17c%12%13)ccc%11n%10-c%10cccc%11c%10oc%10ccccc%10%11)c%10c%11ccccc%11n(c8cc7c(cc43)c56)c9%10)cccc12. The molecule has 16 aromatic heterocycles. The van der Waals surface area contributed by atoms with E-state index < -0.39 is 0 Å². The Morgan fingerprint density at radius 3 is 0.889 bits per heavy atom. The first-order valence-corrected chi connectivity index (χ1v) is 49.6. The molecule has 16 heterocycles. The lowest BCUT2D eigenvalue weighted by Crippen LogP contribution is -1.97. The lowest BCUT2D eigenvalue weighted by molar-refractivity contribution is 0.666. The number of hydrogen-bond acceptors (Lipinski definition) is 4. The monoisotopic (exact) mass is 1830 g/mol. The van der Waals surface area contributed by atoms with Crippen LogP contribution in [0.5, 0.6) is 0 Å². The highest BCUT2D eigenvalue weighted by molar-refractivity contribution is 6.42. The van der Waals surface area contributed by atoms with Crippen molar-refractivity contribution in [2.75, 3.05) is 0 Å². The Kier molecular flexibility index (Phi) is 12.6. The number of para-hydroxylation sites is 15. The molecule has 0 N–H and O–H groups in total. The summed E-state index contributed by atoms with van der Waals surface area (Å²) in [4.78, 5) is 0. The highest BCUT2D eigenvalue weighted by Crippen LogP contribution is 2.58. The topological polar surface area (TPSA) is 89.9 Å². The summed E-state index contributed by atoms with van der Waals surface area (Å²) in [5, 5.41) is 37.2. The van der Waals surface area contributed by atoms with Crippen LogP contribution in [0.4, 0.5) is 0 Å². The highest BCUT2D eigenvalue weighted by atomic mass is 16.3. The highest BCUT2D eigenvalue weighted by Gasteiger charge is 2.36. The van der Waals surface area contributed by atoms with Crippen molar-refractivity contribution in [2.24, 2.45) is 0 Å². The molecule has 38 rings (SSSR count). The van der Waals surface area contributed by atoms with E-state index in [1.54, 1.807) is 0 Å². The quantitative estimate of drug-likeness (QED) is 0.172. The molecule has 0 atom stereocenters. The number of aromatic nitrogens is 8. The van der Waals surface area contributed by atoms with Crippen molar-refractivity contribution < 1.29 is 17.7 Å². The Bertz CT molecular complexity index is 12800. The van der Waals surface area contributed by atoms with Gasteiger partial charge in [0.25, 0.3) is 0 Å². The molecule has 0 saturated heterocycles. The molecule has 22 aromatic carbocycles. The molecule has 0 radical (unpaired) electrons. The molecule has 0 saturated carbocycles. The van der Waals surface area contributed by atoms with Gasteiger partial charge in [-0.05, 0) is 145 Å². The molecule has 38 aromatic rings. The maximum Gasteiger partial charge on any atom is 0.159 e. The molecule has 0 bridgehead atoms. The van der Waals surface area contributed by atoms with Gasteiger partial charge in [-0.3, -0.25) is 0 Å². The molecule has 0 aliphatic rings. The van der Waals surface area contributed by atoms with Gasteiger partial charge < -0.3 is 53.5 Å². The summed E-state index contributed by atoms with van der Waals surface area (Å²) < 4.78 is 49.1. The minimum Gasteiger partial charge on any atom is -0.454 e. The Morgan fingerprint density at radius 1 is 0.132 bits per heavy atom. The predicted octanol–water partition coefficient (Wildman–Crippen LogP) is 35.9. The molecule has 658 valence electrons. The standard InChI is InChI=1S/C132H66N8O4/c1-10-42-96-68(25-1)77-56-57-78-73-34-19-35-74-88-62-109-89(61-108(88)139(121(73)74)126(78)125(77)135(96)104-49-23-40-81-71-28-8-17-53-114(71)143-131(81)104)75-36-20-37-76-92-60-87(116-83-30-2-12-44-98(83)136(128(116)127(92)140(109)122(75)76)105-50-24-41-82-72-29-9-18-54-115(72)144-132(82)105)67-55-58-101-95(59-67)118-111(134(101)103-48-22-39-80-70-27-7-16-52-113(70)142-130(80)103)66-94-91-64-106-90(63-107(91)138-100-46-14-5-33-86(100)120(118)124(94)138)93-65-110-117(119-85-32-4-13-45-99(85)137(106)123(93)119)84-31-3-11-43-97(84)133(110)102-47-21-38-79-69-26-6-15-51-112(69)141-129(79)102/h1-66H. The van der Waals surface area contributed by atoms with E-state index in [2.05, 4.69) is 436 Å². The van der Waals surface area contributed by atoms with Crippen LogP contribution in [0.1, 0.15) is 0 Å². The third kappa shape index (κ3) is 8.34. The number of nitrogens with zero attached hydrogens (tertiary/aromatic N) is 8. The molecular weight excluding hydrogens is 1760 g/mol. The predicted molar refractivity (Wildman–Crippen MR) is 597 cm³/mol. The fourth-order valence-electron chi connectivity index (χ4n) is 28.2. The van der Waals surface area contributed by atoms with Crippen LogP contribution in [-0.4, -0.2) is 35.9 Å². The first kappa shape index (κ1) is 72.8. The Morgan fingerprint density at radius 2 is 0.424 bits per heavy atom. The molecular formula is C132H66N8O4. The van der Waals surface area contributed by atoms with Crippen molar-refractivity contribution in [2.45, 2.75) is 0 Å². The largest absolute Gasteiger partial charge is 0.454 e. The van der Waals surface area contributed by atoms with Crippen molar-refractivity contribution in [3.63, 3.8) is 0 Å². The Balaban J connectivity index is 0.628. The molecule has 12 nitrogen and oxygen atoms in total. The maximum absolute atomic E-state index is 7.29. The number of furan rings is 4. The molecule has 12 heteroatoms. The average Bonchev–Trinajstić information content (AvgIpc) is 1.50. The van der Waals surface area contributed by atoms with E-state index in [0.29, 0.717) is 0 Å². The van der Waals surface area contributed by atoms with Crippen LogP contribution >= 0.6 is 0 Å². The van der Waals surface area contributed by atoms with Gasteiger partial charge in [0.1, 0.15) is 22.3 Å². The summed E-state index contributed by atoms with van der Waals surface area (Å²) >= 11 is 0. The summed E-state index contributed by atoms with van der Waals surface area (Å²) in [6.45, 7) is 0. The second kappa shape index (κ2) is 24.9. The summed E-state index contributed by atoms with van der Waals surface area (Å²) in [5.74, 6) is 0. The summed E-state index contributed by atoms with van der Waals surface area (Å²) in [6, 6.07) is 150. The van der Waals surface area contributed by atoms with Crippen LogP contribution in [0.3, 0.4) is 0 Å². The van der Waals surface area contributed by atoms with Gasteiger partial charge in [0.05, 0.1) is 133 Å². The van der Waals surface area contributed by atoms with E-state index in [1.165, 1.54) is 141 Å². The summed E-state index contributed by atoms with van der Waals surface area (Å²) in [5.41, 5.74) is 35.9. The fraction of sp³-hybridized carbons (Fsp3) is 0. The summed E-state index contributed by atoms with van der Waals surface area (Å²) in [7, 11) is 0. The fourth-order valence-corrected chi connectivity index (χ4v) is 28.2. The van der Waals surface area contributed by atoms with Gasteiger partial charge in [0.2, 0.25) is 0 Å². The van der Waals surface area contributed by atoms with Crippen LogP contribution in [0, 0.1) is 0 Å². The molecule has 0 spiro atoms. The van der Waals surface area contributed by atoms with E-state index in [1.807, 2.05) is 0 Å². The molecule has 0 unspecified atom stereocenters. The van der Waals surface area contributed by atoms with Gasteiger partial charge in [-0.15, -0.1) is 0 Å². The van der Waals surface area contributed by atoms with Crippen LogP contribution in [0.15, 0.2) is 418 Å². The van der Waals surface area contributed by atoms with Crippen molar-refractivity contribution in [3.8, 4) is 33.9 Å². The van der Waals surface area contributed by atoms with Crippen LogP contribution in [-0.2, 0) is 0 Å². The van der Waals surface area contributed by atoms with E-state index in [4.69, 9.17) is 17.7 Å². The van der Waals surface area contributed by atoms with Gasteiger partial charge in [-0.2, -0.15) is 0 Å². The minimum atomic E-state index is 0.830. The zero-order valence-corrected chi connectivity index (χ0v) is 76.3. The van der Waals surface area contributed by atoms with E-state index in [-0.39, 0.29) is 0 Å².